The molecule has 2 heterocycles. The van der Waals surface area contributed by atoms with Gasteiger partial charge in [0.05, 0.1) is 26.2 Å². The van der Waals surface area contributed by atoms with E-state index < -0.39 is 71.4 Å². The second-order valence-corrected chi connectivity index (χ2v) is 22.4. The van der Waals surface area contributed by atoms with E-state index in [4.69, 9.17) is 0 Å². The standard InChI is InChI=1S/C37H61N5O7S3/c1-7-15-26(28(43)31(45)38-20-8-2)39-30(44)27-23-37(50-21-22-51-37)24-42(27)32(46)29(35(6)16-11-9-12-17-35)40-33(47)41-36(18-13-10-14-19-36)25-52(48,49)34(3,4)5/h8,26-27,29H,2,7,9-25H2,1,3-6H3,(H,38,45)(H,39,44)(H2,40,41,47)/t26?,27-,29+/m0/s1. The Kier molecular flexibility index (Phi) is 14.3. The lowest BCUT2D eigenvalue weighted by molar-refractivity contribution is -0.144. The monoisotopic (exact) mass is 783 g/mol. The van der Waals surface area contributed by atoms with Gasteiger partial charge in [-0.05, 0) is 58.3 Å². The quantitative estimate of drug-likeness (QED) is 0.147. The predicted octanol–water partition coefficient (Wildman–Crippen LogP) is 4.47. The molecule has 5 amide bonds. The Morgan fingerprint density at radius 3 is 2.10 bits per heavy atom. The van der Waals surface area contributed by atoms with Gasteiger partial charge in [-0.3, -0.25) is 19.2 Å². The molecule has 2 saturated carbocycles. The van der Waals surface area contributed by atoms with Gasteiger partial charge in [0, 0.05) is 31.0 Å². The van der Waals surface area contributed by atoms with Crippen molar-refractivity contribution in [3.8, 4) is 0 Å². The highest BCUT2D eigenvalue weighted by Gasteiger charge is 2.55. The van der Waals surface area contributed by atoms with E-state index in [0.717, 1.165) is 50.0 Å². The Morgan fingerprint density at radius 2 is 1.54 bits per heavy atom. The van der Waals surface area contributed by atoms with E-state index >= 15 is 0 Å². The number of urea groups is 1. The van der Waals surface area contributed by atoms with Crippen LogP contribution in [0.3, 0.4) is 0 Å². The molecule has 0 bridgehead atoms. The average Bonchev–Trinajstić information content (AvgIpc) is 3.71. The number of carbonyl (C=O) groups is 5. The van der Waals surface area contributed by atoms with Crippen LogP contribution in [0.25, 0.3) is 0 Å². The van der Waals surface area contributed by atoms with Gasteiger partial charge in [0.2, 0.25) is 17.6 Å². The van der Waals surface area contributed by atoms with E-state index in [2.05, 4.69) is 27.8 Å². The molecule has 15 heteroatoms. The van der Waals surface area contributed by atoms with Crippen molar-refractivity contribution < 1.29 is 32.4 Å². The molecule has 0 aromatic carbocycles. The number of nitrogens with zero attached hydrogens (tertiary/aromatic N) is 1. The summed E-state index contributed by atoms with van der Waals surface area (Å²) in [6.45, 7) is 12.9. The van der Waals surface area contributed by atoms with Gasteiger partial charge in [-0.25, -0.2) is 13.2 Å². The topological polar surface area (TPSA) is 171 Å². The molecule has 2 aliphatic heterocycles. The molecule has 4 fully saturated rings. The molecular formula is C37H61N5O7S3. The Morgan fingerprint density at radius 1 is 0.942 bits per heavy atom. The third kappa shape index (κ3) is 10.1. The molecule has 0 aromatic rings. The van der Waals surface area contributed by atoms with E-state index in [9.17, 15) is 32.4 Å². The van der Waals surface area contributed by atoms with Crippen molar-refractivity contribution in [3.63, 3.8) is 0 Å². The van der Waals surface area contributed by atoms with Crippen molar-refractivity contribution in [2.24, 2.45) is 5.41 Å². The van der Waals surface area contributed by atoms with Gasteiger partial charge in [0.15, 0.2) is 9.84 Å². The molecule has 12 nitrogen and oxygen atoms in total. The summed E-state index contributed by atoms with van der Waals surface area (Å²) in [5, 5.41) is 11.5. The molecule has 0 aromatic heterocycles. The summed E-state index contributed by atoms with van der Waals surface area (Å²) in [4.78, 5) is 70.6. The van der Waals surface area contributed by atoms with Gasteiger partial charge in [-0.15, -0.1) is 30.1 Å². The van der Waals surface area contributed by atoms with E-state index in [0.29, 0.717) is 45.1 Å². The molecular weight excluding hydrogens is 723 g/mol. The zero-order valence-corrected chi connectivity index (χ0v) is 34.2. The Labute approximate surface area is 319 Å². The van der Waals surface area contributed by atoms with Gasteiger partial charge < -0.3 is 26.2 Å². The lowest BCUT2D eigenvalue weighted by Crippen LogP contribution is -2.64. The number of likely N-dealkylation sites (tertiary alicyclic amines) is 1. The molecule has 1 unspecified atom stereocenters. The summed E-state index contributed by atoms with van der Waals surface area (Å²) in [6, 6.07) is -3.50. The average molecular weight is 784 g/mol. The summed E-state index contributed by atoms with van der Waals surface area (Å²) in [6.07, 6.45) is 10.5. The molecule has 1 spiro atoms. The number of rotatable bonds is 14. The van der Waals surface area contributed by atoms with Crippen LogP contribution >= 0.6 is 23.5 Å². The van der Waals surface area contributed by atoms with Crippen molar-refractivity contribution in [2.45, 2.75) is 151 Å². The first-order valence-electron chi connectivity index (χ1n) is 19.0. The van der Waals surface area contributed by atoms with Crippen LogP contribution in [-0.4, -0.2) is 106 Å². The van der Waals surface area contributed by atoms with Crippen LogP contribution in [0.2, 0.25) is 0 Å². The third-order valence-electron chi connectivity index (χ3n) is 11.3. The largest absolute Gasteiger partial charge is 0.346 e. The van der Waals surface area contributed by atoms with Crippen molar-refractivity contribution in [2.75, 3.05) is 30.3 Å². The zero-order valence-electron chi connectivity index (χ0n) is 31.8. The summed E-state index contributed by atoms with van der Waals surface area (Å²) < 4.78 is 25.5. The molecule has 4 rings (SSSR count). The van der Waals surface area contributed by atoms with Crippen molar-refractivity contribution in [1.82, 2.24) is 26.2 Å². The number of hydrogen-bond donors (Lipinski definition) is 4. The van der Waals surface area contributed by atoms with Crippen molar-refractivity contribution in [1.29, 1.82) is 0 Å². The highest BCUT2D eigenvalue weighted by Crippen LogP contribution is 2.52. The number of hydrogen-bond acceptors (Lipinski definition) is 9. The summed E-state index contributed by atoms with van der Waals surface area (Å²) in [5.41, 5.74) is -1.55. The first kappa shape index (κ1) is 42.5. The predicted molar refractivity (Wildman–Crippen MR) is 209 cm³/mol. The minimum atomic E-state index is -3.57. The molecule has 4 N–H and O–H groups in total. The number of nitrogens with one attached hydrogen (secondary N) is 4. The molecule has 3 atom stereocenters. The van der Waals surface area contributed by atoms with E-state index in [1.165, 1.54) is 6.08 Å². The fourth-order valence-corrected chi connectivity index (χ4v) is 12.9. The van der Waals surface area contributed by atoms with E-state index in [1.807, 2.05) is 13.8 Å². The Hall–Kier alpha value is -2.26. The highest BCUT2D eigenvalue weighted by molar-refractivity contribution is 8.21. The van der Waals surface area contributed by atoms with Crippen LogP contribution in [-0.2, 0) is 29.0 Å². The first-order chi connectivity index (χ1) is 24.4. The zero-order chi connectivity index (χ0) is 38.4. The molecule has 2 saturated heterocycles. The minimum Gasteiger partial charge on any atom is -0.346 e. The summed E-state index contributed by atoms with van der Waals surface area (Å²) >= 11 is 3.45. The lowest BCUT2D eigenvalue weighted by atomic mass is 9.70. The Bertz CT molecular complexity index is 1450. The van der Waals surface area contributed by atoms with Crippen molar-refractivity contribution >= 4 is 62.9 Å². The van der Waals surface area contributed by atoms with Crippen LogP contribution < -0.4 is 21.3 Å². The minimum absolute atomic E-state index is 0.119. The van der Waals surface area contributed by atoms with Gasteiger partial charge in [-0.2, -0.15) is 0 Å². The number of carbonyl (C=O) groups excluding carboxylic acids is 5. The number of sulfone groups is 1. The van der Waals surface area contributed by atoms with Crippen LogP contribution in [0.15, 0.2) is 12.7 Å². The van der Waals surface area contributed by atoms with Crippen LogP contribution in [0.1, 0.15) is 118 Å². The maximum atomic E-state index is 15.0. The molecule has 52 heavy (non-hydrogen) atoms. The molecule has 0 radical (unpaired) electrons. The fourth-order valence-electron chi connectivity index (χ4n) is 8.12. The second kappa shape index (κ2) is 17.5. The van der Waals surface area contributed by atoms with Gasteiger partial charge in [-0.1, -0.05) is 64.9 Å². The first-order valence-corrected chi connectivity index (χ1v) is 22.7. The van der Waals surface area contributed by atoms with Gasteiger partial charge in [0.1, 0.15) is 12.1 Å². The number of amides is 5. The molecule has 294 valence electrons. The molecule has 2 aliphatic carbocycles. The van der Waals surface area contributed by atoms with Crippen LogP contribution in [0.5, 0.6) is 0 Å². The SMILES string of the molecule is C=CCNC(=O)C(=O)C(CCC)NC(=O)[C@@H]1CC2(CN1C(=O)[C@@H](NC(=O)NC1(CS(=O)(=O)C(C)(C)C)CCCCC1)C1(C)CCCCC1)SCCS2. The maximum absolute atomic E-state index is 15.0. The Balaban J connectivity index is 1.63. The highest BCUT2D eigenvalue weighted by atomic mass is 32.2. The van der Waals surface area contributed by atoms with E-state index in [-0.39, 0.29) is 24.6 Å². The fraction of sp³-hybridized carbons (Fsp3) is 0.811. The smallest absolute Gasteiger partial charge is 0.315 e. The van der Waals surface area contributed by atoms with Crippen LogP contribution in [0, 0.1) is 5.41 Å². The van der Waals surface area contributed by atoms with Gasteiger partial charge in [0.25, 0.3) is 5.91 Å². The summed E-state index contributed by atoms with van der Waals surface area (Å²) in [5.74, 6) is -0.822. The maximum Gasteiger partial charge on any atom is 0.315 e. The van der Waals surface area contributed by atoms with Gasteiger partial charge >= 0.3 is 6.03 Å². The van der Waals surface area contributed by atoms with Crippen molar-refractivity contribution in [3.05, 3.63) is 12.7 Å². The number of ketones is 1. The third-order valence-corrected chi connectivity index (χ3v) is 17.6. The lowest BCUT2D eigenvalue weighted by Gasteiger charge is -2.44. The number of thioether (sulfide) groups is 2. The second-order valence-electron chi connectivity index (χ2n) is 16.5. The number of Topliss-reactive ketones (excluding diaryl/α,β-unsaturated/α-hetero) is 1. The summed E-state index contributed by atoms with van der Waals surface area (Å²) in [7, 11) is -3.57. The molecule has 4 aliphatic rings. The normalized spacial score (nSPS) is 23.6. The van der Waals surface area contributed by atoms with Crippen LogP contribution in [0.4, 0.5) is 4.79 Å². The van der Waals surface area contributed by atoms with E-state index in [1.54, 1.807) is 49.2 Å².